The van der Waals surface area contributed by atoms with Crippen LogP contribution < -0.4 is 4.74 Å². The number of benzene rings is 2. The van der Waals surface area contributed by atoms with E-state index in [4.69, 9.17) is 4.74 Å². The van der Waals surface area contributed by atoms with Crippen LogP contribution in [0.25, 0.3) is 0 Å². The van der Waals surface area contributed by atoms with Crippen molar-refractivity contribution in [3.63, 3.8) is 0 Å². The van der Waals surface area contributed by atoms with Gasteiger partial charge in [0.05, 0.1) is 5.25 Å². The molecule has 7 heteroatoms. The van der Waals surface area contributed by atoms with Gasteiger partial charge in [-0.3, -0.25) is 4.79 Å². The fraction of sp³-hybridized carbons (Fsp3) is 0.278. The van der Waals surface area contributed by atoms with E-state index in [9.17, 15) is 17.6 Å². The van der Waals surface area contributed by atoms with Gasteiger partial charge in [0.25, 0.3) is 5.91 Å². The zero-order chi connectivity index (χ0) is 18.0. The van der Waals surface area contributed by atoms with Crippen molar-refractivity contribution in [2.45, 2.75) is 11.7 Å². The maximum atomic E-state index is 12.9. The molecule has 0 radical (unpaired) electrons. The van der Waals surface area contributed by atoms with Gasteiger partial charge in [-0.05, 0) is 48.9 Å². The summed E-state index contributed by atoms with van der Waals surface area (Å²) in [6.45, 7) is 0.625. The molecule has 1 fully saturated rings. The van der Waals surface area contributed by atoms with Gasteiger partial charge in [0, 0.05) is 24.9 Å². The van der Waals surface area contributed by atoms with Crippen molar-refractivity contribution < 1.29 is 22.3 Å². The highest BCUT2D eigenvalue weighted by Crippen LogP contribution is 2.24. The number of carbonyl (C=O) groups is 1. The van der Waals surface area contributed by atoms with Gasteiger partial charge in [-0.15, -0.1) is 0 Å². The normalized spacial score (nSPS) is 17.5. The SMILES string of the molecule is CS(=O)(=O)C1CCN(C(=O)c2cccc(Oc3ccc(F)cc3)c2)C1. The molecule has 0 spiro atoms. The summed E-state index contributed by atoms with van der Waals surface area (Å²) in [7, 11) is -3.15. The molecule has 1 aliphatic rings. The number of carbonyl (C=O) groups excluding carboxylic acids is 1. The van der Waals surface area contributed by atoms with Gasteiger partial charge < -0.3 is 9.64 Å². The van der Waals surface area contributed by atoms with Gasteiger partial charge in [0.1, 0.15) is 17.3 Å². The van der Waals surface area contributed by atoms with Crippen molar-refractivity contribution in [3.8, 4) is 11.5 Å². The first-order chi connectivity index (χ1) is 11.8. The summed E-state index contributed by atoms with van der Waals surface area (Å²) in [5.41, 5.74) is 0.425. The summed E-state index contributed by atoms with van der Waals surface area (Å²) in [6, 6.07) is 12.2. The van der Waals surface area contributed by atoms with Gasteiger partial charge in [0.15, 0.2) is 9.84 Å². The Morgan fingerprint density at radius 3 is 2.52 bits per heavy atom. The number of hydrogen-bond donors (Lipinski definition) is 0. The van der Waals surface area contributed by atoms with E-state index in [0.717, 1.165) is 0 Å². The third-order valence-electron chi connectivity index (χ3n) is 4.17. The second-order valence-electron chi connectivity index (χ2n) is 6.08. The van der Waals surface area contributed by atoms with Crippen molar-refractivity contribution in [3.05, 3.63) is 59.9 Å². The number of sulfone groups is 1. The molecule has 1 atom stereocenters. The van der Waals surface area contributed by atoms with Crippen LogP contribution in [0.5, 0.6) is 11.5 Å². The van der Waals surface area contributed by atoms with E-state index < -0.39 is 15.1 Å². The topological polar surface area (TPSA) is 63.7 Å². The third kappa shape index (κ3) is 4.17. The van der Waals surface area contributed by atoms with E-state index in [1.54, 1.807) is 29.2 Å². The third-order valence-corrected chi connectivity index (χ3v) is 5.76. The van der Waals surface area contributed by atoms with Crippen molar-refractivity contribution >= 4 is 15.7 Å². The quantitative estimate of drug-likeness (QED) is 0.838. The Hall–Kier alpha value is -2.41. The Bertz CT molecular complexity index is 880. The Labute approximate surface area is 145 Å². The molecule has 25 heavy (non-hydrogen) atoms. The van der Waals surface area contributed by atoms with E-state index in [1.807, 2.05) is 0 Å². The molecule has 0 N–H and O–H groups in total. The van der Waals surface area contributed by atoms with E-state index in [2.05, 4.69) is 0 Å². The van der Waals surface area contributed by atoms with Gasteiger partial charge in [-0.2, -0.15) is 0 Å². The molecule has 1 amide bonds. The van der Waals surface area contributed by atoms with Crippen LogP contribution in [0.2, 0.25) is 0 Å². The molecule has 5 nitrogen and oxygen atoms in total. The number of ether oxygens (including phenoxy) is 1. The van der Waals surface area contributed by atoms with Crippen LogP contribution in [-0.4, -0.2) is 43.8 Å². The fourth-order valence-electron chi connectivity index (χ4n) is 2.78. The number of hydrogen-bond acceptors (Lipinski definition) is 4. The minimum atomic E-state index is -3.15. The highest BCUT2D eigenvalue weighted by Gasteiger charge is 2.32. The predicted molar refractivity (Wildman–Crippen MR) is 92.1 cm³/mol. The summed E-state index contributed by atoms with van der Waals surface area (Å²) >= 11 is 0. The predicted octanol–water partition coefficient (Wildman–Crippen LogP) is 2.88. The number of nitrogens with zero attached hydrogens (tertiary/aromatic N) is 1. The number of rotatable bonds is 4. The molecule has 0 bridgehead atoms. The Morgan fingerprint density at radius 1 is 1.16 bits per heavy atom. The van der Waals surface area contributed by atoms with Crippen LogP contribution in [0.3, 0.4) is 0 Å². The second-order valence-corrected chi connectivity index (χ2v) is 8.40. The zero-order valence-electron chi connectivity index (χ0n) is 13.7. The summed E-state index contributed by atoms with van der Waals surface area (Å²) in [6.07, 6.45) is 1.65. The van der Waals surface area contributed by atoms with Crippen molar-refractivity contribution in [2.24, 2.45) is 0 Å². The summed E-state index contributed by atoms with van der Waals surface area (Å²) < 4.78 is 41.8. The van der Waals surface area contributed by atoms with Crippen molar-refractivity contribution in [1.29, 1.82) is 0 Å². The van der Waals surface area contributed by atoms with Crippen LogP contribution >= 0.6 is 0 Å². The Morgan fingerprint density at radius 2 is 1.88 bits per heavy atom. The van der Waals surface area contributed by atoms with Crippen LogP contribution in [0, 0.1) is 5.82 Å². The van der Waals surface area contributed by atoms with E-state index in [1.165, 1.54) is 30.5 Å². The van der Waals surface area contributed by atoms with Crippen LogP contribution in [0.15, 0.2) is 48.5 Å². The monoisotopic (exact) mass is 363 g/mol. The minimum Gasteiger partial charge on any atom is -0.457 e. The first kappa shape index (κ1) is 17.4. The molecular formula is C18H18FNO4S. The first-order valence-corrected chi connectivity index (χ1v) is 9.80. The molecule has 132 valence electrons. The lowest BCUT2D eigenvalue weighted by Crippen LogP contribution is -2.31. The Balaban J connectivity index is 1.73. The maximum absolute atomic E-state index is 12.9. The maximum Gasteiger partial charge on any atom is 0.254 e. The van der Waals surface area contributed by atoms with Crippen LogP contribution in [0.1, 0.15) is 16.8 Å². The van der Waals surface area contributed by atoms with Gasteiger partial charge in [0.2, 0.25) is 0 Å². The van der Waals surface area contributed by atoms with Crippen LogP contribution in [-0.2, 0) is 9.84 Å². The largest absolute Gasteiger partial charge is 0.457 e. The molecular weight excluding hydrogens is 345 g/mol. The highest BCUT2D eigenvalue weighted by molar-refractivity contribution is 7.91. The smallest absolute Gasteiger partial charge is 0.254 e. The average molecular weight is 363 g/mol. The van der Waals surface area contributed by atoms with Crippen molar-refractivity contribution in [2.75, 3.05) is 19.3 Å². The summed E-state index contributed by atoms with van der Waals surface area (Å²) in [5, 5.41) is -0.505. The molecule has 1 unspecified atom stereocenters. The van der Waals surface area contributed by atoms with E-state index in [-0.39, 0.29) is 18.3 Å². The minimum absolute atomic E-state index is 0.209. The second kappa shape index (κ2) is 6.84. The summed E-state index contributed by atoms with van der Waals surface area (Å²) in [4.78, 5) is 14.1. The van der Waals surface area contributed by atoms with Crippen LogP contribution in [0.4, 0.5) is 4.39 Å². The highest BCUT2D eigenvalue weighted by atomic mass is 32.2. The molecule has 3 rings (SSSR count). The van der Waals surface area contributed by atoms with Gasteiger partial charge >= 0.3 is 0 Å². The summed E-state index contributed by atoms with van der Waals surface area (Å²) in [5.74, 6) is 0.335. The fourth-order valence-corrected chi connectivity index (χ4v) is 3.76. The Kier molecular flexibility index (Phi) is 4.76. The average Bonchev–Trinajstić information content (AvgIpc) is 3.07. The molecule has 2 aromatic carbocycles. The van der Waals surface area contributed by atoms with Gasteiger partial charge in [-0.25, -0.2) is 12.8 Å². The molecule has 1 saturated heterocycles. The standard InChI is InChI=1S/C18H18FNO4S/c1-25(22,23)17-9-10-20(12-17)18(21)13-3-2-4-16(11-13)24-15-7-5-14(19)6-8-15/h2-8,11,17H,9-10,12H2,1H3. The zero-order valence-corrected chi connectivity index (χ0v) is 14.5. The van der Waals surface area contributed by atoms with Gasteiger partial charge in [-0.1, -0.05) is 6.07 Å². The number of likely N-dealkylation sites (tertiary alicyclic amines) is 1. The van der Waals surface area contributed by atoms with E-state index >= 15 is 0 Å². The molecule has 2 aromatic rings. The van der Waals surface area contributed by atoms with Crippen molar-refractivity contribution in [1.82, 2.24) is 4.90 Å². The lowest BCUT2D eigenvalue weighted by molar-refractivity contribution is 0.0793. The lowest BCUT2D eigenvalue weighted by atomic mass is 10.2. The number of amides is 1. The lowest BCUT2D eigenvalue weighted by Gasteiger charge is -2.16. The molecule has 0 aromatic heterocycles. The first-order valence-electron chi connectivity index (χ1n) is 7.84. The molecule has 1 aliphatic heterocycles. The van der Waals surface area contributed by atoms with E-state index in [0.29, 0.717) is 30.0 Å². The number of halogens is 1. The molecule has 0 aliphatic carbocycles. The molecule has 0 saturated carbocycles. The molecule has 1 heterocycles.